The molecule has 2 aromatic carbocycles. The Hall–Kier alpha value is -1.51. The van der Waals surface area contributed by atoms with Gasteiger partial charge in [0.1, 0.15) is 0 Å². The summed E-state index contributed by atoms with van der Waals surface area (Å²) in [4.78, 5) is 2.31. The van der Waals surface area contributed by atoms with E-state index in [1.807, 2.05) is 19.2 Å². The van der Waals surface area contributed by atoms with Crippen LogP contribution in [0.3, 0.4) is 0 Å². The second-order valence-corrected chi connectivity index (χ2v) is 5.21. The Morgan fingerprint density at radius 1 is 1.05 bits per heavy atom. The van der Waals surface area contributed by atoms with Crippen LogP contribution in [0, 0.1) is 6.92 Å². The van der Waals surface area contributed by atoms with Crippen molar-refractivity contribution in [2.45, 2.75) is 20.4 Å². The maximum absolute atomic E-state index is 6.37. The number of nitrogens with zero attached hydrogens (tertiary/aromatic N) is 1. The zero-order chi connectivity index (χ0) is 14.5. The number of halogens is 1. The van der Waals surface area contributed by atoms with Gasteiger partial charge in [0.25, 0.3) is 0 Å². The molecule has 0 spiro atoms. The molecule has 1 N–H and O–H groups in total. The van der Waals surface area contributed by atoms with E-state index in [1.165, 1.54) is 16.9 Å². The molecule has 0 aliphatic heterocycles. The van der Waals surface area contributed by atoms with E-state index in [-0.39, 0.29) is 0 Å². The second-order valence-electron chi connectivity index (χ2n) is 4.80. The molecule has 0 radical (unpaired) electrons. The molecule has 2 nitrogen and oxygen atoms in total. The molecule has 0 heterocycles. The Bertz CT molecular complexity index is 581. The normalized spacial score (nSPS) is 10.6. The van der Waals surface area contributed by atoms with Crippen molar-refractivity contribution >= 4 is 23.0 Å². The molecular weight excluding hydrogens is 268 g/mol. The van der Waals surface area contributed by atoms with Gasteiger partial charge in [-0.2, -0.15) is 0 Å². The van der Waals surface area contributed by atoms with Gasteiger partial charge in [-0.1, -0.05) is 35.9 Å². The van der Waals surface area contributed by atoms with Crippen LogP contribution in [0.25, 0.3) is 0 Å². The quantitative estimate of drug-likeness (QED) is 0.870. The maximum Gasteiger partial charge on any atom is 0.0471 e. The number of nitrogens with one attached hydrogen (secondary N) is 1. The highest BCUT2D eigenvalue weighted by Gasteiger charge is 2.15. The molecule has 0 unspecified atom stereocenters. The van der Waals surface area contributed by atoms with Crippen molar-refractivity contribution in [2.75, 3.05) is 18.5 Å². The van der Waals surface area contributed by atoms with Gasteiger partial charge in [-0.3, -0.25) is 0 Å². The fourth-order valence-electron chi connectivity index (χ4n) is 2.49. The Morgan fingerprint density at radius 3 is 2.40 bits per heavy atom. The third kappa shape index (κ3) is 2.97. The summed E-state index contributed by atoms with van der Waals surface area (Å²) < 4.78 is 0. The van der Waals surface area contributed by atoms with E-state index in [4.69, 9.17) is 11.6 Å². The van der Waals surface area contributed by atoms with E-state index >= 15 is 0 Å². The average molecular weight is 289 g/mol. The van der Waals surface area contributed by atoms with Crippen molar-refractivity contribution in [2.24, 2.45) is 0 Å². The lowest BCUT2D eigenvalue weighted by molar-refractivity contribution is 0.813. The number of hydrogen-bond acceptors (Lipinski definition) is 2. The smallest absolute Gasteiger partial charge is 0.0471 e. The number of rotatable bonds is 5. The molecule has 0 saturated heterocycles. The Morgan fingerprint density at radius 2 is 1.75 bits per heavy atom. The van der Waals surface area contributed by atoms with E-state index in [9.17, 15) is 0 Å². The van der Waals surface area contributed by atoms with Crippen molar-refractivity contribution in [1.82, 2.24) is 5.32 Å². The van der Waals surface area contributed by atoms with Gasteiger partial charge in [0.15, 0.2) is 0 Å². The highest BCUT2D eigenvalue weighted by atomic mass is 35.5. The molecule has 2 rings (SSSR count). The van der Waals surface area contributed by atoms with Gasteiger partial charge in [0, 0.05) is 35.1 Å². The highest BCUT2D eigenvalue weighted by Crippen LogP contribution is 2.33. The molecule has 0 saturated carbocycles. The molecule has 2 aromatic rings. The predicted molar refractivity (Wildman–Crippen MR) is 88.1 cm³/mol. The van der Waals surface area contributed by atoms with E-state index in [1.54, 1.807) is 0 Å². The SMILES string of the molecule is CCN(c1ccccc1C)c1cccc(Cl)c1CNC. The minimum Gasteiger partial charge on any atom is -0.341 e. The number of benzene rings is 2. The first-order chi connectivity index (χ1) is 9.69. The summed E-state index contributed by atoms with van der Waals surface area (Å²) >= 11 is 6.37. The van der Waals surface area contributed by atoms with Crippen molar-refractivity contribution in [3.05, 3.63) is 58.6 Å². The fourth-order valence-corrected chi connectivity index (χ4v) is 2.73. The predicted octanol–water partition coefficient (Wildman–Crippen LogP) is 4.53. The van der Waals surface area contributed by atoms with E-state index < -0.39 is 0 Å². The molecule has 0 bridgehead atoms. The summed E-state index contributed by atoms with van der Waals surface area (Å²) in [5, 5.41) is 4.01. The first-order valence-electron chi connectivity index (χ1n) is 6.94. The summed E-state index contributed by atoms with van der Waals surface area (Å²) in [5.74, 6) is 0. The topological polar surface area (TPSA) is 15.3 Å². The van der Waals surface area contributed by atoms with E-state index in [0.717, 1.165) is 23.7 Å². The van der Waals surface area contributed by atoms with Crippen LogP contribution in [-0.4, -0.2) is 13.6 Å². The highest BCUT2D eigenvalue weighted by molar-refractivity contribution is 6.31. The van der Waals surface area contributed by atoms with Gasteiger partial charge in [-0.25, -0.2) is 0 Å². The molecule has 3 heteroatoms. The standard InChI is InChI=1S/C17H21ClN2/c1-4-20(16-10-6-5-8-13(16)2)17-11-7-9-15(18)14(17)12-19-3/h5-11,19H,4,12H2,1-3H3. The molecule has 0 aromatic heterocycles. The monoisotopic (exact) mass is 288 g/mol. The molecule has 0 fully saturated rings. The van der Waals surface area contributed by atoms with Gasteiger partial charge in [-0.05, 0) is 44.7 Å². The van der Waals surface area contributed by atoms with Gasteiger partial charge in [-0.15, -0.1) is 0 Å². The maximum atomic E-state index is 6.37. The van der Waals surface area contributed by atoms with Crippen LogP contribution in [-0.2, 0) is 6.54 Å². The minimum atomic E-state index is 0.761. The number of para-hydroxylation sites is 1. The molecule has 20 heavy (non-hydrogen) atoms. The lowest BCUT2D eigenvalue weighted by atomic mass is 10.1. The van der Waals surface area contributed by atoms with Crippen LogP contribution < -0.4 is 10.2 Å². The van der Waals surface area contributed by atoms with Gasteiger partial charge >= 0.3 is 0 Å². The Balaban J connectivity index is 2.53. The molecule has 0 amide bonds. The Labute approximate surface area is 126 Å². The van der Waals surface area contributed by atoms with Crippen molar-refractivity contribution in [3.8, 4) is 0 Å². The van der Waals surface area contributed by atoms with Crippen LogP contribution in [0.4, 0.5) is 11.4 Å². The van der Waals surface area contributed by atoms with Crippen molar-refractivity contribution in [3.63, 3.8) is 0 Å². The zero-order valence-electron chi connectivity index (χ0n) is 12.3. The van der Waals surface area contributed by atoms with Crippen LogP contribution in [0.5, 0.6) is 0 Å². The van der Waals surface area contributed by atoms with Gasteiger partial charge in [0.05, 0.1) is 0 Å². The van der Waals surface area contributed by atoms with Crippen LogP contribution in [0.15, 0.2) is 42.5 Å². The molecule has 106 valence electrons. The van der Waals surface area contributed by atoms with Crippen LogP contribution >= 0.6 is 11.6 Å². The number of aryl methyl sites for hydroxylation is 1. The largest absolute Gasteiger partial charge is 0.341 e. The summed E-state index contributed by atoms with van der Waals surface area (Å²) in [6, 6.07) is 14.5. The van der Waals surface area contributed by atoms with Crippen molar-refractivity contribution in [1.29, 1.82) is 0 Å². The molecule has 0 atom stereocenters. The molecular formula is C17H21ClN2. The molecule has 0 aliphatic carbocycles. The minimum absolute atomic E-state index is 0.761. The first-order valence-corrected chi connectivity index (χ1v) is 7.32. The first kappa shape index (κ1) is 14.9. The number of anilines is 2. The summed E-state index contributed by atoms with van der Waals surface area (Å²) in [5.41, 5.74) is 4.81. The third-order valence-corrected chi connectivity index (χ3v) is 3.82. The van der Waals surface area contributed by atoms with Crippen LogP contribution in [0.1, 0.15) is 18.1 Å². The van der Waals surface area contributed by atoms with E-state index in [2.05, 4.69) is 54.4 Å². The third-order valence-electron chi connectivity index (χ3n) is 3.46. The zero-order valence-corrected chi connectivity index (χ0v) is 13.0. The Kier molecular flexibility index (Phi) is 5.05. The van der Waals surface area contributed by atoms with Gasteiger partial charge < -0.3 is 10.2 Å². The van der Waals surface area contributed by atoms with Gasteiger partial charge in [0.2, 0.25) is 0 Å². The average Bonchev–Trinajstić information content (AvgIpc) is 2.45. The second kappa shape index (κ2) is 6.78. The molecule has 0 aliphatic rings. The summed E-state index contributed by atoms with van der Waals surface area (Å²) in [6.07, 6.45) is 0. The van der Waals surface area contributed by atoms with Crippen LogP contribution in [0.2, 0.25) is 5.02 Å². The van der Waals surface area contributed by atoms with Crippen molar-refractivity contribution < 1.29 is 0 Å². The van der Waals surface area contributed by atoms with E-state index in [0.29, 0.717) is 0 Å². The summed E-state index contributed by atoms with van der Waals surface area (Å²) in [7, 11) is 1.94. The number of hydrogen-bond donors (Lipinski definition) is 1. The summed E-state index contributed by atoms with van der Waals surface area (Å²) in [6.45, 7) is 5.97. The fraction of sp³-hybridized carbons (Fsp3) is 0.294. The lowest BCUT2D eigenvalue weighted by Crippen LogP contribution is -2.20. The lowest BCUT2D eigenvalue weighted by Gasteiger charge is -2.28.